The molecule has 0 aliphatic rings. The topological polar surface area (TPSA) is 54.0 Å². The van der Waals surface area contributed by atoms with Crippen molar-refractivity contribution < 1.29 is 23.7 Å². The van der Waals surface area contributed by atoms with Crippen molar-refractivity contribution in [1.82, 2.24) is 0 Å². The van der Waals surface area contributed by atoms with Gasteiger partial charge in [0.2, 0.25) is 0 Å². The van der Waals surface area contributed by atoms with E-state index in [4.69, 9.17) is 14.2 Å². The first-order chi connectivity index (χ1) is 7.24. The van der Waals surface area contributed by atoms with E-state index in [1.54, 1.807) is 13.0 Å². The summed E-state index contributed by atoms with van der Waals surface area (Å²) in [4.78, 5) is 10.9. The Morgan fingerprint density at radius 1 is 1.53 bits per heavy atom. The van der Waals surface area contributed by atoms with Crippen LogP contribution in [0.4, 0.5) is 0 Å². The molecule has 0 aromatic heterocycles. The Morgan fingerprint density at radius 3 is 2.80 bits per heavy atom. The molecule has 0 aromatic carbocycles. The maximum absolute atomic E-state index is 10.9. The van der Waals surface area contributed by atoms with Gasteiger partial charge in [-0.25, -0.2) is 4.79 Å². The van der Waals surface area contributed by atoms with E-state index in [9.17, 15) is 4.79 Å². The third-order valence-electron chi connectivity index (χ3n) is 1.47. The second kappa shape index (κ2) is 9.64. The lowest BCUT2D eigenvalue weighted by Crippen LogP contribution is -2.21. The van der Waals surface area contributed by atoms with E-state index in [0.717, 1.165) is 0 Å². The second-order valence-electron chi connectivity index (χ2n) is 2.67. The highest BCUT2D eigenvalue weighted by Crippen LogP contribution is 1.95. The summed E-state index contributed by atoms with van der Waals surface area (Å²) in [7, 11) is 1.53. The smallest absolute Gasteiger partial charge is 0.332 e. The molecule has 0 aromatic rings. The van der Waals surface area contributed by atoms with Gasteiger partial charge in [0.05, 0.1) is 13.2 Å². The number of hydrogen-bond acceptors (Lipinski definition) is 5. The van der Waals surface area contributed by atoms with Gasteiger partial charge in [-0.1, -0.05) is 6.08 Å². The Morgan fingerprint density at radius 2 is 2.27 bits per heavy atom. The summed E-state index contributed by atoms with van der Waals surface area (Å²) >= 11 is 0. The van der Waals surface area contributed by atoms with Gasteiger partial charge in [0.1, 0.15) is 19.5 Å². The van der Waals surface area contributed by atoms with Gasteiger partial charge < -0.3 is 18.9 Å². The van der Waals surface area contributed by atoms with E-state index in [1.807, 2.05) is 0 Å². The van der Waals surface area contributed by atoms with E-state index in [0.29, 0.717) is 6.61 Å². The van der Waals surface area contributed by atoms with Crippen LogP contribution in [0, 0.1) is 0 Å². The summed E-state index contributed by atoms with van der Waals surface area (Å²) < 4.78 is 19.6. The lowest BCUT2D eigenvalue weighted by molar-refractivity contribution is -0.150. The molecule has 5 nitrogen and oxygen atoms in total. The van der Waals surface area contributed by atoms with E-state index >= 15 is 0 Å². The average molecular weight is 218 g/mol. The highest BCUT2D eigenvalue weighted by atomic mass is 16.7. The molecule has 0 radical (unpaired) electrons. The summed E-state index contributed by atoms with van der Waals surface area (Å²) in [5, 5.41) is 0. The number of carbonyl (C=O) groups excluding carboxylic acids is 1. The van der Waals surface area contributed by atoms with Crippen LogP contribution in [0.1, 0.15) is 6.92 Å². The zero-order chi connectivity index (χ0) is 11.5. The quantitative estimate of drug-likeness (QED) is 0.324. The van der Waals surface area contributed by atoms with Crippen LogP contribution in [-0.2, 0) is 23.7 Å². The molecule has 0 rings (SSSR count). The Balaban J connectivity index is 3.53. The SMILES string of the molecule is C=CC(COCC(=O)OCC)OCOC. The first-order valence-electron chi connectivity index (χ1n) is 4.71. The molecule has 88 valence electrons. The summed E-state index contributed by atoms with van der Waals surface area (Å²) in [5.41, 5.74) is 0. The summed E-state index contributed by atoms with van der Waals surface area (Å²) in [6.45, 7) is 6.01. The van der Waals surface area contributed by atoms with Crippen LogP contribution in [0.3, 0.4) is 0 Å². The first-order valence-corrected chi connectivity index (χ1v) is 4.71. The van der Waals surface area contributed by atoms with E-state index in [-0.39, 0.29) is 32.1 Å². The fourth-order valence-corrected chi connectivity index (χ4v) is 0.801. The van der Waals surface area contributed by atoms with Crippen LogP contribution < -0.4 is 0 Å². The molecule has 1 unspecified atom stereocenters. The lowest BCUT2D eigenvalue weighted by atomic mass is 10.4. The maximum Gasteiger partial charge on any atom is 0.332 e. The second-order valence-corrected chi connectivity index (χ2v) is 2.67. The van der Waals surface area contributed by atoms with Gasteiger partial charge in [-0.3, -0.25) is 0 Å². The van der Waals surface area contributed by atoms with Crippen LogP contribution in [0.5, 0.6) is 0 Å². The fourth-order valence-electron chi connectivity index (χ4n) is 0.801. The standard InChI is InChI=1S/C10H18O5/c1-4-9(15-8-12-3)6-13-7-10(11)14-5-2/h4,9H,1,5-8H2,2-3H3. The van der Waals surface area contributed by atoms with Crippen molar-refractivity contribution in [3.05, 3.63) is 12.7 Å². The molecular weight excluding hydrogens is 200 g/mol. The fraction of sp³-hybridized carbons (Fsp3) is 0.700. The van der Waals surface area contributed by atoms with Gasteiger partial charge in [-0.05, 0) is 6.92 Å². The molecule has 0 fully saturated rings. The van der Waals surface area contributed by atoms with Crippen LogP contribution in [0.15, 0.2) is 12.7 Å². The zero-order valence-corrected chi connectivity index (χ0v) is 9.23. The van der Waals surface area contributed by atoms with Crippen LogP contribution in [0.25, 0.3) is 0 Å². The number of carbonyl (C=O) groups is 1. The first kappa shape index (κ1) is 14.1. The molecule has 0 aliphatic carbocycles. The third-order valence-corrected chi connectivity index (χ3v) is 1.47. The van der Waals surface area contributed by atoms with E-state index < -0.39 is 0 Å². The van der Waals surface area contributed by atoms with Gasteiger partial charge in [-0.15, -0.1) is 6.58 Å². The van der Waals surface area contributed by atoms with Crippen molar-refractivity contribution in [1.29, 1.82) is 0 Å². The summed E-state index contributed by atoms with van der Waals surface area (Å²) in [6.07, 6.45) is 1.31. The van der Waals surface area contributed by atoms with Crippen LogP contribution >= 0.6 is 0 Å². The molecule has 0 N–H and O–H groups in total. The van der Waals surface area contributed by atoms with Gasteiger partial charge >= 0.3 is 5.97 Å². The summed E-state index contributed by atoms with van der Waals surface area (Å²) in [5.74, 6) is -0.382. The largest absolute Gasteiger partial charge is 0.464 e. The molecule has 5 heteroatoms. The maximum atomic E-state index is 10.9. The lowest BCUT2D eigenvalue weighted by Gasteiger charge is -2.12. The Hall–Kier alpha value is -0.910. The van der Waals surface area contributed by atoms with E-state index in [1.165, 1.54) is 7.11 Å². The van der Waals surface area contributed by atoms with Crippen molar-refractivity contribution in [3.8, 4) is 0 Å². The number of ether oxygens (including phenoxy) is 4. The van der Waals surface area contributed by atoms with Crippen molar-refractivity contribution in [3.63, 3.8) is 0 Å². The highest BCUT2D eigenvalue weighted by Gasteiger charge is 2.07. The minimum absolute atomic E-state index is 0.0749. The van der Waals surface area contributed by atoms with Crippen molar-refractivity contribution in [2.24, 2.45) is 0 Å². The van der Waals surface area contributed by atoms with Crippen molar-refractivity contribution in [2.45, 2.75) is 13.0 Å². The molecule has 0 saturated heterocycles. The predicted molar refractivity (Wildman–Crippen MR) is 54.4 cm³/mol. The molecular formula is C10H18O5. The molecule has 0 saturated carbocycles. The number of esters is 1. The highest BCUT2D eigenvalue weighted by molar-refractivity contribution is 5.70. The van der Waals surface area contributed by atoms with Crippen LogP contribution in [0.2, 0.25) is 0 Å². The number of methoxy groups -OCH3 is 1. The molecule has 0 heterocycles. The molecule has 1 atom stereocenters. The Labute approximate surface area is 89.9 Å². The van der Waals surface area contributed by atoms with Crippen LogP contribution in [-0.4, -0.2) is 45.8 Å². The normalized spacial score (nSPS) is 12.1. The monoisotopic (exact) mass is 218 g/mol. The van der Waals surface area contributed by atoms with Gasteiger partial charge in [-0.2, -0.15) is 0 Å². The molecule has 0 spiro atoms. The van der Waals surface area contributed by atoms with Gasteiger partial charge in [0, 0.05) is 7.11 Å². The molecule has 15 heavy (non-hydrogen) atoms. The Kier molecular flexibility index (Phi) is 9.05. The van der Waals surface area contributed by atoms with Gasteiger partial charge in [0.15, 0.2) is 0 Å². The molecule has 0 bridgehead atoms. The van der Waals surface area contributed by atoms with Gasteiger partial charge in [0.25, 0.3) is 0 Å². The zero-order valence-electron chi connectivity index (χ0n) is 9.23. The average Bonchev–Trinajstić information content (AvgIpc) is 2.23. The minimum atomic E-state index is -0.382. The molecule has 0 aliphatic heterocycles. The van der Waals surface area contributed by atoms with E-state index in [2.05, 4.69) is 11.3 Å². The number of rotatable bonds is 9. The van der Waals surface area contributed by atoms with Crippen molar-refractivity contribution in [2.75, 3.05) is 33.7 Å². The summed E-state index contributed by atoms with van der Waals surface area (Å²) in [6, 6.07) is 0. The predicted octanol–water partition coefficient (Wildman–Crippen LogP) is 0.741. The Bertz CT molecular complexity index is 181. The third kappa shape index (κ3) is 8.11. The van der Waals surface area contributed by atoms with Crippen molar-refractivity contribution >= 4 is 5.97 Å². The molecule has 0 amide bonds. The number of hydrogen-bond donors (Lipinski definition) is 0. The minimum Gasteiger partial charge on any atom is -0.464 e.